The molecule has 0 aliphatic heterocycles. The lowest BCUT2D eigenvalue weighted by Gasteiger charge is -2.14. The second kappa shape index (κ2) is 5.45. The number of pyridine rings is 1. The van der Waals surface area contributed by atoms with E-state index in [1.165, 1.54) is 6.20 Å². The predicted octanol–water partition coefficient (Wildman–Crippen LogP) is 3.81. The zero-order chi connectivity index (χ0) is 13.3. The maximum absolute atomic E-state index is 10.3. The molecule has 0 saturated carbocycles. The molecule has 0 radical (unpaired) electrons. The van der Waals surface area contributed by atoms with Crippen molar-refractivity contribution >= 4 is 44.9 Å². The summed E-state index contributed by atoms with van der Waals surface area (Å²) < 4.78 is 0.703. The zero-order valence-electron chi connectivity index (χ0n) is 9.07. The van der Waals surface area contributed by atoms with Crippen molar-refractivity contribution < 1.29 is 5.11 Å². The van der Waals surface area contributed by atoms with Crippen LogP contribution in [-0.4, -0.2) is 10.1 Å². The summed E-state index contributed by atoms with van der Waals surface area (Å²) in [7, 11) is 0. The highest BCUT2D eigenvalue weighted by Crippen LogP contribution is 2.31. The summed E-state index contributed by atoms with van der Waals surface area (Å²) in [5.74, 6) is 0.248. The van der Waals surface area contributed by atoms with Crippen molar-refractivity contribution in [3.8, 4) is 0 Å². The summed E-state index contributed by atoms with van der Waals surface area (Å²) in [5.41, 5.74) is 6.85. The van der Waals surface area contributed by atoms with Gasteiger partial charge in [0.05, 0.1) is 10.0 Å². The van der Waals surface area contributed by atoms with Crippen molar-refractivity contribution in [2.24, 2.45) is 0 Å². The van der Waals surface area contributed by atoms with Gasteiger partial charge >= 0.3 is 0 Å². The van der Waals surface area contributed by atoms with Gasteiger partial charge in [-0.3, -0.25) is 0 Å². The van der Waals surface area contributed by atoms with E-state index in [0.717, 1.165) is 0 Å². The third-order valence-electron chi connectivity index (χ3n) is 2.47. The average Bonchev–Trinajstić information content (AvgIpc) is 2.35. The topological polar surface area (TPSA) is 59.1 Å². The zero-order valence-corrected chi connectivity index (χ0v) is 12.2. The van der Waals surface area contributed by atoms with Gasteiger partial charge in [-0.25, -0.2) is 4.98 Å². The molecule has 0 aliphatic carbocycles. The molecule has 0 amide bonds. The summed E-state index contributed by atoms with van der Waals surface area (Å²) in [6.07, 6.45) is 0.537. The van der Waals surface area contributed by atoms with Crippen LogP contribution in [0.4, 0.5) is 5.82 Å². The summed E-state index contributed by atoms with van der Waals surface area (Å²) in [6, 6.07) is 6.74. The molecular formula is C12H9BrCl2N2O. The Kier molecular flexibility index (Phi) is 4.12. The molecule has 0 bridgehead atoms. The van der Waals surface area contributed by atoms with Gasteiger partial charge in [-0.05, 0) is 39.7 Å². The average molecular weight is 348 g/mol. The van der Waals surface area contributed by atoms with Gasteiger partial charge in [0.15, 0.2) is 0 Å². The number of rotatable bonds is 2. The molecule has 6 heteroatoms. The fourth-order valence-electron chi connectivity index (χ4n) is 1.55. The highest BCUT2D eigenvalue weighted by Gasteiger charge is 2.16. The number of nitrogens with zero attached hydrogens (tertiary/aromatic N) is 1. The Morgan fingerprint density at radius 3 is 2.67 bits per heavy atom. The Hall–Kier alpha value is -0.810. The first-order valence-electron chi connectivity index (χ1n) is 5.03. The van der Waals surface area contributed by atoms with Crippen LogP contribution in [0.3, 0.4) is 0 Å². The second-order valence-corrected chi connectivity index (χ2v) is 5.40. The molecule has 3 N–H and O–H groups in total. The molecule has 0 saturated heterocycles. The Morgan fingerprint density at radius 2 is 2.00 bits per heavy atom. The van der Waals surface area contributed by atoms with Gasteiger partial charge in [0.25, 0.3) is 0 Å². The largest absolute Gasteiger partial charge is 0.384 e. The molecule has 1 atom stereocenters. The number of aromatic nitrogens is 1. The van der Waals surface area contributed by atoms with E-state index in [1.54, 1.807) is 24.3 Å². The van der Waals surface area contributed by atoms with Crippen LogP contribution >= 0.6 is 39.1 Å². The molecule has 0 spiro atoms. The quantitative estimate of drug-likeness (QED) is 0.868. The lowest BCUT2D eigenvalue weighted by atomic mass is 10.0. The van der Waals surface area contributed by atoms with E-state index in [-0.39, 0.29) is 5.82 Å². The lowest BCUT2D eigenvalue weighted by molar-refractivity contribution is 0.220. The highest BCUT2D eigenvalue weighted by molar-refractivity contribution is 9.10. The van der Waals surface area contributed by atoms with Crippen molar-refractivity contribution in [3.05, 3.63) is 56.1 Å². The van der Waals surface area contributed by atoms with E-state index in [2.05, 4.69) is 20.9 Å². The van der Waals surface area contributed by atoms with Crippen molar-refractivity contribution in [1.82, 2.24) is 4.98 Å². The van der Waals surface area contributed by atoms with Gasteiger partial charge in [0.1, 0.15) is 11.9 Å². The van der Waals surface area contributed by atoms with E-state index in [9.17, 15) is 5.11 Å². The first-order valence-corrected chi connectivity index (χ1v) is 6.58. The van der Waals surface area contributed by atoms with Crippen LogP contribution in [0.15, 0.2) is 34.9 Å². The minimum Gasteiger partial charge on any atom is -0.384 e. The summed E-state index contributed by atoms with van der Waals surface area (Å²) >= 11 is 15.1. The van der Waals surface area contributed by atoms with Gasteiger partial charge in [0, 0.05) is 16.2 Å². The van der Waals surface area contributed by atoms with Crippen LogP contribution < -0.4 is 5.73 Å². The van der Waals surface area contributed by atoms with Crippen molar-refractivity contribution in [1.29, 1.82) is 0 Å². The Morgan fingerprint density at radius 1 is 1.28 bits per heavy atom. The van der Waals surface area contributed by atoms with Crippen molar-refractivity contribution in [3.63, 3.8) is 0 Å². The third kappa shape index (κ3) is 2.78. The number of aliphatic hydroxyl groups is 1. The number of halogens is 3. The van der Waals surface area contributed by atoms with E-state index in [1.807, 2.05) is 0 Å². The van der Waals surface area contributed by atoms with E-state index >= 15 is 0 Å². The lowest BCUT2D eigenvalue weighted by Crippen LogP contribution is -2.05. The fraction of sp³-hybridized carbons (Fsp3) is 0.0833. The first-order chi connectivity index (χ1) is 8.49. The summed E-state index contributed by atoms with van der Waals surface area (Å²) in [5, 5.41) is 11.3. The van der Waals surface area contributed by atoms with Crippen LogP contribution in [-0.2, 0) is 0 Å². The normalized spacial score (nSPS) is 12.4. The molecule has 2 aromatic rings. The first kappa shape index (κ1) is 13.6. The van der Waals surface area contributed by atoms with Gasteiger partial charge in [0.2, 0.25) is 0 Å². The highest BCUT2D eigenvalue weighted by atomic mass is 79.9. The van der Waals surface area contributed by atoms with Crippen LogP contribution in [0.5, 0.6) is 0 Å². The number of anilines is 1. The van der Waals surface area contributed by atoms with Gasteiger partial charge in [-0.15, -0.1) is 0 Å². The molecule has 0 fully saturated rings. The maximum Gasteiger partial charge on any atom is 0.129 e. The fourth-order valence-corrected chi connectivity index (χ4v) is 2.23. The van der Waals surface area contributed by atoms with E-state index in [4.69, 9.17) is 28.9 Å². The monoisotopic (exact) mass is 346 g/mol. The molecule has 1 aromatic carbocycles. The third-order valence-corrected chi connectivity index (χ3v) is 3.89. The molecule has 2 rings (SSSR count). The molecule has 3 nitrogen and oxygen atoms in total. The summed E-state index contributed by atoms with van der Waals surface area (Å²) in [4.78, 5) is 3.91. The molecular weight excluding hydrogens is 339 g/mol. The van der Waals surface area contributed by atoms with Gasteiger partial charge < -0.3 is 10.8 Å². The molecule has 1 heterocycles. The second-order valence-electron chi connectivity index (χ2n) is 3.70. The standard InChI is InChI=1S/C12H9BrCl2N2O/c13-9-3-6(1-2-10(9)15)11(18)8-4-7(14)5-17-12(8)16/h1-5,11,18H,(H2,16,17). The molecule has 18 heavy (non-hydrogen) atoms. The Bertz CT molecular complexity index is 592. The maximum atomic E-state index is 10.3. The number of hydrogen-bond acceptors (Lipinski definition) is 3. The van der Waals surface area contributed by atoms with Crippen LogP contribution in [0.25, 0.3) is 0 Å². The van der Waals surface area contributed by atoms with E-state index < -0.39 is 6.10 Å². The molecule has 94 valence electrons. The minimum atomic E-state index is -0.898. The Balaban J connectivity index is 2.44. The number of nitrogen functional groups attached to an aromatic ring is 1. The predicted molar refractivity (Wildman–Crippen MR) is 76.9 cm³/mol. The summed E-state index contributed by atoms with van der Waals surface area (Å²) in [6.45, 7) is 0. The van der Waals surface area contributed by atoms with E-state index in [0.29, 0.717) is 25.6 Å². The molecule has 1 aromatic heterocycles. The van der Waals surface area contributed by atoms with Crippen LogP contribution in [0, 0.1) is 0 Å². The van der Waals surface area contributed by atoms with Crippen LogP contribution in [0.2, 0.25) is 10.0 Å². The smallest absolute Gasteiger partial charge is 0.129 e. The number of nitrogens with two attached hydrogens (primary N) is 1. The number of hydrogen-bond donors (Lipinski definition) is 2. The number of benzene rings is 1. The number of aliphatic hydroxyl groups excluding tert-OH is 1. The molecule has 0 aliphatic rings. The van der Waals surface area contributed by atoms with Gasteiger partial charge in [-0.2, -0.15) is 0 Å². The van der Waals surface area contributed by atoms with Crippen molar-refractivity contribution in [2.75, 3.05) is 5.73 Å². The minimum absolute atomic E-state index is 0.248. The SMILES string of the molecule is Nc1ncc(Cl)cc1C(O)c1ccc(Cl)c(Br)c1. The van der Waals surface area contributed by atoms with Crippen LogP contribution in [0.1, 0.15) is 17.2 Å². The van der Waals surface area contributed by atoms with Crippen molar-refractivity contribution in [2.45, 2.75) is 6.10 Å². The van der Waals surface area contributed by atoms with Gasteiger partial charge in [-0.1, -0.05) is 29.3 Å². The Labute approximate surface area is 123 Å². The molecule has 1 unspecified atom stereocenters.